The van der Waals surface area contributed by atoms with E-state index >= 15 is 0 Å². The van der Waals surface area contributed by atoms with Crippen molar-refractivity contribution in [2.24, 2.45) is 0 Å². The number of amides is 1. The molecule has 1 amide bonds. The molecule has 1 aliphatic rings. The van der Waals surface area contributed by atoms with Crippen LogP contribution in [0, 0.1) is 0 Å². The number of carbonyl (C=O) groups excluding carboxylic acids is 1. The molecular formula is C14H18ClNO2. The van der Waals surface area contributed by atoms with Gasteiger partial charge in [-0.25, -0.2) is 0 Å². The molecule has 3 nitrogen and oxygen atoms in total. The maximum absolute atomic E-state index is 11.0. The van der Waals surface area contributed by atoms with Gasteiger partial charge in [0.05, 0.1) is 6.54 Å². The number of hydrogen-bond donors (Lipinski definition) is 1. The normalized spacial score (nSPS) is 15.0. The van der Waals surface area contributed by atoms with Crippen LogP contribution >= 0.6 is 11.6 Å². The van der Waals surface area contributed by atoms with E-state index < -0.39 is 0 Å². The van der Waals surface area contributed by atoms with Crippen LogP contribution in [0.2, 0.25) is 0 Å². The highest BCUT2D eigenvalue weighted by atomic mass is 35.5. The van der Waals surface area contributed by atoms with Crippen LogP contribution in [0.25, 0.3) is 0 Å². The van der Waals surface area contributed by atoms with Gasteiger partial charge >= 0.3 is 0 Å². The van der Waals surface area contributed by atoms with Crippen LogP contribution in [0.1, 0.15) is 24.5 Å². The van der Waals surface area contributed by atoms with Gasteiger partial charge in [0.25, 0.3) is 0 Å². The fourth-order valence-electron chi connectivity index (χ4n) is 2.20. The molecule has 0 fully saturated rings. The summed E-state index contributed by atoms with van der Waals surface area (Å²) in [7, 11) is 0. The topological polar surface area (TPSA) is 38.3 Å². The first-order chi connectivity index (χ1) is 8.69. The van der Waals surface area contributed by atoms with Gasteiger partial charge in [0, 0.05) is 0 Å². The van der Waals surface area contributed by atoms with Gasteiger partial charge in [0.1, 0.15) is 17.7 Å². The van der Waals surface area contributed by atoms with Gasteiger partial charge in [-0.3, -0.25) is 4.79 Å². The Morgan fingerprint density at radius 1 is 1.44 bits per heavy atom. The molecule has 0 heterocycles. The predicted molar refractivity (Wildman–Crippen MR) is 72.3 cm³/mol. The van der Waals surface area contributed by atoms with Crippen LogP contribution in [0.5, 0.6) is 5.75 Å². The summed E-state index contributed by atoms with van der Waals surface area (Å²) in [6.07, 6.45) is 3.50. The van der Waals surface area contributed by atoms with Crippen molar-refractivity contribution in [2.45, 2.75) is 32.3 Å². The van der Waals surface area contributed by atoms with Crippen molar-refractivity contribution in [1.82, 2.24) is 5.32 Å². The molecule has 0 radical (unpaired) electrons. The highest BCUT2D eigenvalue weighted by molar-refractivity contribution is 6.27. The number of nitrogens with one attached hydrogen (secondary N) is 1. The highest BCUT2D eigenvalue weighted by Gasteiger charge is 2.12. The summed E-state index contributed by atoms with van der Waals surface area (Å²) in [6, 6.07) is 6.26. The lowest BCUT2D eigenvalue weighted by Crippen LogP contribution is -2.34. The number of benzene rings is 1. The lowest BCUT2D eigenvalue weighted by Gasteiger charge is -2.16. The molecule has 1 unspecified atom stereocenters. The molecular weight excluding hydrogens is 250 g/mol. The summed E-state index contributed by atoms with van der Waals surface area (Å²) >= 11 is 5.41. The Kier molecular flexibility index (Phi) is 4.48. The fourth-order valence-corrected chi connectivity index (χ4v) is 2.29. The Labute approximate surface area is 112 Å². The Hall–Kier alpha value is -1.22. The molecule has 98 valence electrons. The number of fused-ring (bicyclic) bond motifs is 1. The van der Waals surface area contributed by atoms with Crippen molar-refractivity contribution >= 4 is 17.5 Å². The Morgan fingerprint density at radius 3 is 3.00 bits per heavy atom. The lowest BCUT2D eigenvalue weighted by atomic mass is 10.1. The molecule has 0 bridgehead atoms. The SMILES string of the molecule is CC(CNC(=O)CCl)Oc1ccc2c(c1)CCC2. The highest BCUT2D eigenvalue weighted by Crippen LogP contribution is 2.26. The van der Waals surface area contributed by atoms with E-state index in [9.17, 15) is 4.79 Å². The molecule has 4 heteroatoms. The van der Waals surface area contributed by atoms with Crippen LogP contribution in [0.15, 0.2) is 18.2 Å². The van der Waals surface area contributed by atoms with Crippen LogP contribution < -0.4 is 10.1 Å². The molecule has 1 N–H and O–H groups in total. The van der Waals surface area contributed by atoms with Crippen molar-refractivity contribution < 1.29 is 9.53 Å². The van der Waals surface area contributed by atoms with Gasteiger partial charge in [-0.2, -0.15) is 0 Å². The quantitative estimate of drug-likeness (QED) is 0.832. The monoisotopic (exact) mass is 267 g/mol. The summed E-state index contributed by atoms with van der Waals surface area (Å²) < 4.78 is 5.78. The molecule has 1 aromatic carbocycles. The van der Waals surface area contributed by atoms with Gasteiger partial charge in [-0.05, 0) is 49.4 Å². The number of hydrogen-bond acceptors (Lipinski definition) is 2. The van der Waals surface area contributed by atoms with Gasteiger partial charge < -0.3 is 10.1 Å². The number of halogens is 1. The average Bonchev–Trinajstić information content (AvgIpc) is 2.83. The first-order valence-corrected chi connectivity index (χ1v) is 6.83. The smallest absolute Gasteiger partial charge is 0.235 e. The number of rotatable bonds is 5. The number of alkyl halides is 1. The molecule has 0 aromatic heterocycles. The van der Waals surface area contributed by atoms with E-state index in [0.717, 1.165) is 12.2 Å². The Morgan fingerprint density at radius 2 is 2.22 bits per heavy atom. The molecule has 18 heavy (non-hydrogen) atoms. The summed E-state index contributed by atoms with van der Waals surface area (Å²) in [6.45, 7) is 2.41. The molecule has 1 aromatic rings. The second kappa shape index (κ2) is 6.10. The van der Waals surface area contributed by atoms with Crippen molar-refractivity contribution in [3.8, 4) is 5.75 Å². The summed E-state index contributed by atoms with van der Waals surface area (Å²) in [5, 5.41) is 2.71. The van der Waals surface area contributed by atoms with Crippen molar-refractivity contribution in [2.75, 3.05) is 12.4 Å². The van der Waals surface area contributed by atoms with E-state index in [1.165, 1.54) is 24.0 Å². The van der Waals surface area contributed by atoms with Crippen LogP contribution in [-0.4, -0.2) is 24.4 Å². The zero-order valence-electron chi connectivity index (χ0n) is 10.5. The largest absolute Gasteiger partial charge is 0.489 e. The summed E-state index contributed by atoms with van der Waals surface area (Å²) in [4.78, 5) is 11.0. The molecule has 2 rings (SSSR count). The molecule has 1 aliphatic carbocycles. The standard InChI is InChI=1S/C14H18ClNO2/c1-10(9-16-14(17)8-15)18-13-6-5-11-3-2-4-12(11)7-13/h5-7,10H,2-4,8-9H2,1H3,(H,16,17). The minimum atomic E-state index is -0.166. The first-order valence-electron chi connectivity index (χ1n) is 6.30. The minimum absolute atomic E-state index is 0.00837. The lowest BCUT2D eigenvalue weighted by molar-refractivity contribution is -0.119. The van der Waals surface area contributed by atoms with Gasteiger partial charge in [0.15, 0.2) is 0 Å². The van der Waals surface area contributed by atoms with Crippen LogP contribution in [0.4, 0.5) is 0 Å². The average molecular weight is 268 g/mol. The summed E-state index contributed by atoms with van der Waals surface area (Å²) in [5.74, 6) is 0.704. The molecule has 0 saturated carbocycles. The van der Waals surface area contributed by atoms with E-state index in [0.29, 0.717) is 6.54 Å². The third-order valence-corrected chi connectivity index (χ3v) is 3.36. The molecule has 0 aliphatic heterocycles. The van der Waals surface area contributed by atoms with Crippen molar-refractivity contribution in [3.05, 3.63) is 29.3 Å². The third-order valence-electron chi connectivity index (χ3n) is 3.12. The fraction of sp³-hybridized carbons (Fsp3) is 0.500. The van der Waals surface area contributed by atoms with Gasteiger partial charge in [0.2, 0.25) is 5.91 Å². The first kappa shape index (κ1) is 13.2. The van der Waals surface area contributed by atoms with Crippen LogP contribution in [0.3, 0.4) is 0 Å². The maximum atomic E-state index is 11.0. The number of carbonyl (C=O) groups is 1. The second-order valence-electron chi connectivity index (χ2n) is 4.65. The molecule has 1 atom stereocenters. The van der Waals surface area contributed by atoms with E-state index in [4.69, 9.17) is 16.3 Å². The second-order valence-corrected chi connectivity index (χ2v) is 4.92. The van der Waals surface area contributed by atoms with Gasteiger partial charge in [-0.1, -0.05) is 6.07 Å². The van der Waals surface area contributed by atoms with Crippen molar-refractivity contribution in [1.29, 1.82) is 0 Å². The number of ether oxygens (including phenoxy) is 1. The summed E-state index contributed by atoms with van der Waals surface area (Å²) in [5.41, 5.74) is 2.83. The van der Waals surface area contributed by atoms with E-state index in [1.54, 1.807) is 0 Å². The Bertz CT molecular complexity index is 434. The minimum Gasteiger partial charge on any atom is -0.489 e. The third kappa shape index (κ3) is 3.39. The van der Waals surface area contributed by atoms with E-state index in [2.05, 4.69) is 17.4 Å². The number of aryl methyl sites for hydroxylation is 2. The van der Waals surface area contributed by atoms with Gasteiger partial charge in [-0.15, -0.1) is 11.6 Å². The van der Waals surface area contributed by atoms with Crippen LogP contribution in [-0.2, 0) is 17.6 Å². The molecule has 0 saturated heterocycles. The predicted octanol–water partition coefficient (Wildman–Crippen LogP) is 2.30. The zero-order valence-corrected chi connectivity index (χ0v) is 11.3. The van der Waals surface area contributed by atoms with Crippen molar-refractivity contribution in [3.63, 3.8) is 0 Å². The van der Waals surface area contributed by atoms with E-state index in [-0.39, 0.29) is 17.9 Å². The van der Waals surface area contributed by atoms with E-state index in [1.807, 2.05) is 13.0 Å². The zero-order chi connectivity index (χ0) is 13.0. The Balaban J connectivity index is 1.87. The maximum Gasteiger partial charge on any atom is 0.235 e. The molecule has 0 spiro atoms.